The summed E-state index contributed by atoms with van der Waals surface area (Å²) in [6.07, 6.45) is 5.02. The van der Waals surface area contributed by atoms with Crippen LogP contribution >= 0.6 is 15.9 Å². The van der Waals surface area contributed by atoms with Crippen LogP contribution in [0.3, 0.4) is 0 Å². The Bertz CT molecular complexity index is 666. The molecule has 0 amide bonds. The average Bonchev–Trinajstić information content (AvgIpc) is 2.94. The van der Waals surface area contributed by atoms with Crippen molar-refractivity contribution in [3.63, 3.8) is 0 Å². The van der Waals surface area contributed by atoms with Crippen molar-refractivity contribution in [2.24, 2.45) is 0 Å². The van der Waals surface area contributed by atoms with E-state index < -0.39 is 0 Å². The molecule has 2 N–H and O–H groups in total. The predicted octanol–water partition coefficient (Wildman–Crippen LogP) is 4.95. The molecule has 2 aromatic rings. The Labute approximate surface area is 139 Å². The molecule has 0 aliphatic heterocycles. The minimum Gasteiger partial charge on any atom is -0.351 e. The first-order valence-corrected chi connectivity index (χ1v) is 8.55. The molecule has 1 aliphatic rings. The number of aromatic nitrogens is 2. The van der Waals surface area contributed by atoms with Gasteiger partial charge in [0.2, 0.25) is 5.95 Å². The molecule has 4 nitrogen and oxygen atoms in total. The van der Waals surface area contributed by atoms with Crippen LogP contribution in [0.5, 0.6) is 0 Å². The molecule has 1 heterocycles. The van der Waals surface area contributed by atoms with Gasteiger partial charge in [0, 0.05) is 28.0 Å². The number of anilines is 3. The molecule has 0 spiro atoms. The van der Waals surface area contributed by atoms with E-state index in [-0.39, 0.29) is 0 Å². The smallest absolute Gasteiger partial charge is 0.225 e. The molecule has 0 radical (unpaired) electrons. The first kappa shape index (κ1) is 15.3. The van der Waals surface area contributed by atoms with Crippen molar-refractivity contribution >= 4 is 33.4 Å². The fourth-order valence-corrected chi connectivity index (χ4v) is 3.33. The highest BCUT2D eigenvalue weighted by molar-refractivity contribution is 9.10. The maximum atomic E-state index is 4.61. The molecule has 3 rings (SSSR count). The van der Waals surface area contributed by atoms with Crippen LogP contribution in [0.25, 0.3) is 0 Å². The number of aryl methyl sites for hydroxylation is 2. The molecule has 0 saturated heterocycles. The van der Waals surface area contributed by atoms with Gasteiger partial charge in [-0.15, -0.1) is 0 Å². The normalized spacial score (nSPS) is 15.0. The lowest BCUT2D eigenvalue weighted by atomic mass is 10.2. The van der Waals surface area contributed by atoms with Crippen molar-refractivity contribution in [3.8, 4) is 0 Å². The summed E-state index contributed by atoms with van der Waals surface area (Å²) in [6, 6.07) is 8.67. The Morgan fingerprint density at radius 2 is 1.86 bits per heavy atom. The number of halogens is 1. The van der Waals surface area contributed by atoms with E-state index >= 15 is 0 Å². The van der Waals surface area contributed by atoms with Crippen molar-refractivity contribution in [3.05, 3.63) is 40.0 Å². The number of hydrogen-bond acceptors (Lipinski definition) is 4. The highest BCUT2D eigenvalue weighted by atomic mass is 79.9. The molecule has 0 bridgehead atoms. The largest absolute Gasteiger partial charge is 0.351 e. The molecule has 1 aromatic heterocycles. The third-order valence-electron chi connectivity index (χ3n) is 3.99. The van der Waals surface area contributed by atoms with Crippen LogP contribution in [0.4, 0.5) is 17.5 Å². The van der Waals surface area contributed by atoms with E-state index in [4.69, 9.17) is 0 Å². The van der Waals surface area contributed by atoms with Gasteiger partial charge >= 0.3 is 0 Å². The number of nitrogens with zero attached hydrogens (tertiary/aromatic N) is 2. The van der Waals surface area contributed by atoms with Crippen molar-refractivity contribution in [2.45, 2.75) is 45.6 Å². The summed E-state index contributed by atoms with van der Waals surface area (Å²) in [4.78, 5) is 9.12. The van der Waals surface area contributed by atoms with Gasteiger partial charge in [-0.2, -0.15) is 4.98 Å². The molecule has 1 fully saturated rings. The molecule has 1 saturated carbocycles. The van der Waals surface area contributed by atoms with Gasteiger partial charge in [-0.05, 0) is 50.5 Å². The van der Waals surface area contributed by atoms with Gasteiger partial charge in [-0.1, -0.05) is 28.8 Å². The lowest BCUT2D eigenvalue weighted by Gasteiger charge is -2.14. The maximum absolute atomic E-state index is 4.61. The van der Waals surface area contributed by atoms with Crippen molar-refractivity contribution in [1.29, 1.82) is 0 Å². The second-order valence-corrected chi connectivity index (χ2v) is 6.84. The number of hydrogen-bond donors (Lipinski definition) is 2. The summed E-state index contributed by atoms with van der Waals surface area (Å²) in [5.41, 5.74) is 3.21. The van der Waals surface area contributed by atoms with Gasteiger partial charge in [0.1, 0.15) is 5.82 Å². The first-order valence-electron chi connectivity index (χ1n) is 7.75. The Kier molecular flexibility index (Phi) is 4.62. The summed E-state index contributed by atoms with van der Waals surface area (Å²) in [6.45, 7) is 4.08. The van der Waals surface area contributed by atoms with E-state index in [2.05, 4.69) is 55.6 Å². The van der Waals surface area contributed by atoms with Gasteiger partial charge in [0.05, 0.1) is 0 Å². The lowest BCUT2D eigenvalue weighted by Crippen LogP contribution is -2.17. The fraction of sp³-hybridized carbons (Fsp3) is 0.412. The molecule has 0 atom stereocenters. The Morgan fingerprint density at radius 3 is 2.59 bits per heavy atom. The summed E-state index contributed by atoms with van der Waals surface area (Å²) in [7, 11) is 0. The number of nitrogens with one attached hydrogen (secondary N) is 2. The molecule has 22 heavy (non-hydrogen) atoms. The zero-order valence-electron chi connectivity index (χ0n) is 13.0. The molecule has 1 aliphatic carbocycles. The van der Waals surface area contributed by atoms with Crippen LogP contribution < -0.4 is 10.6 Å². The van der Waals surface area contributed by atoms with E-state index in [1.807, 2.05) is 19.1 Å². The summed E-state index contributed by atoms with van der Waals surface area (Å²) >= 11 is 3.49. The average molecular weight is 361 g/mol. The third-order valence-corrected chi connectivity index (χ3v) is 4.49. The number of rotatable bonds is 4. The second kappa shape index (κ2) is 6.65. The highest BCUT2D eigenvalue weighted by Crippen LogP contribution is 2.25. The van der Waals surface area contributed by atoms with Crippen LogP contribution in [0.15, 0.2) is 28.7 Å². The SMILES string of the molecule is Cc1cc(Nc2ccc(Br)cc2C)nc(NC2CCCC2)n1. The zero-order chi connectivity index (χ0) is 15.5. The molecular weight excluding hydrogens is 340 g/mol. The van der Waals surface area contributed by atoms with E-state index in [1.165, 1.54) is 31.2 Å². The lowest BCUT2D eigenvalue weighted by molar-refractivity contribution is 0.743. The van der Waals surface area contributed by atoms with Gasteiger partial charge in [-0.3, -0.25) is 0 Å². The minimum absolute atomic E-state index is 0.518. The molecule has 116 valence electrons. The molecule has 1 aromatic carbocycles. The van der Waals surface area contributed by atoms with E-state index in [0.29, 0.717) is 6.04 Å². The Balaban J connectivity index is 1.79. The second-order valence-electron chi connectivity index (χ2n) is 5.93. The Hall–Kier alpha value is -1.62. The van der Waals surface area contributed by atoms with Crippen LogP contribution in [-0.4, -0.2) is 16.0 Å². The van der Waals surface area contributed by atoms with E-state index in [1.54, 1.807) is 0 Å². The minimum atomic E-state index is 0.518. The van der Waals surface area contributed by atoms with E-state index in [0.717, 1.165) is 27.6 Å². The summed E-state index contributed by atoms with van der Waals surface area (Å²) in [5.74, 6) is 1.56. The quantitative estimate of drug-likeness (QED) is 0.809. The van der Waals surface area contributed by atoms with Crippen LogP contribution in [0.2, 0.25) is 0 Å². The van der Waals surface area contributed by atoms with E-state index in [9.17, 15) is 0 Å². The van der Waals surface area contributed by atoms with Gasteiger partial charge in [-0.25, -0.2) is 4.98 Å². The zero-order valence-corrected chi connectivity index (χ0v) is 14.6. The first-order chi connectivity index (χ1) is 10.6. The van der Waals surface area contributed by atoms with Gasteiger partial charge < -0.3 is 10.6 Å². The van der Waals surface area contributed by atoms with Crippen molar-refractivity contribution < 1.29 is 0 Å². The van der Waals surface area contributed by atoms with Crippen molar-refractivity contribution in [1.82, 2.24) is 9.97 Å². The van der Waals surface area contributed by atoms with Crippen molar-refractivity contribution in [2.75, 3.05) is 10.6 Å². The standard InChI is InChI=1S/C17H21BrN4/c1-11-9-13(18)7-8-15(11)21-16-10-12(2)19-17(22-16)20-14-5-3-4-6-14/h7-10,14H,3-6H2,1-2H3,(H2,19,20,21,22). The highest BCUT2D eigenvalue weighted by Gasteiger charge is 2.16. The maximum Gasteiger partial charge on any atom is 0.225 e. The predicted molar refractivity (Wildman–Crippen MR) is 94.8 cm³/mol. The number of benzene rings is 1. The Morgan fingerprint density at radius 1 is 1.09 bits per heavy atom. The van der Waals surface area contributed by atoms with Gasteiger partial charge in [0.15, 0.2) is 0 Å². The molecule has 0 unspecified atom stereocenters. The van der Waals surface area contributed by atoms with Gasteiger partial charge in [0.25, 0.3) is 0 Å². The molecular formula is C17H21BrN4. The van der Waals surface area contributed by atoms with Crippen LogP contribution in [0, 0.1) is 13.8 Å². The third kappa shape index (κ3) is 3.77. The van der Waals surface area contributed by atoms with Crippen LogP contribution in [0.1, 0.15) is 36.9 Å². The summed E-state index contributed by atoms with van der Waals surface area (Å²) in [5, 5.41) is 6.86. The topological polar surface area (TPSA) is 49.8 Å². The molecule has 5 heteroatoms. The van der Waals surface area contributed by atoms with Crippen LogP contribution in [-0.2, 0) is 0 Å². The monoisotopic (exact) mass is 360 g/mol. The fourth-order valence-electron chi connectivity index (χ4n) is 2.86. The summed E-state index contributed by atoms with van der Waals surface area (Å²) < 4.78 is 1.08.